The zero-order valence-corrected chi connectivity index (χ0v) is 14.6. The molecule has 2 rings (SSSR count). The van der Waals surface area contributed by atoms with E-state index in [1.54, 1.807) is 0 Å². The molecule has 122 valence electrons. The molecule has 0 unspecified atom stereocenters. The van der Waals surface area contributed by atoms with Crippen LogP contribution in [0.1, 0.15) is 42.1 Å². The summed E-state index contributed by atoms with van der Waals surface area (Å²) in [7, 11) is 0. The Morgan fingerprint density at radius 3 is 1.61 bits per heavy atom. The van der Waals surface area contributed by atoms with Crippen LogP contribution in [-0.4, -0.2) is 23.9 Å². The number of hydrogen-bond acceptors (Lipinski definition) is 1. The van der Waals surface area contributed by atoms with Crippen LogP contribution in [0.2, 0.25) is 0 Å². The molecule has 0 amide bonds. The monoisotopic (exact) mass is 309 g/mol. The second-order valence-corrected chi connectivity index (χ2v) is 5.88. The van der Waals surface area contributed by atoms with Gasteiger partial charge < -0.3 is 10.6 Å². The average Bonchev–Trinajstić information content (AvgIpc) is 2.56. The van der Waals surface area contributed by atoms with E-state index in [2.05, 4.69) is 81.1 Å². The van der Waals surface area contributed by atoms with E-state index in [1.807, 2.05) is 0 Å². The summed E-state index contributed by atoms with van der Waals surface area (Å²) in [4.78, 5) is 6.92. The number of aliphatic imine (C=N–C) groups is 1. The molecule has 2 N–H and O–H groups in total. The Morgan fingerprint density at radius 2 is 1.26 bits per heavy atom. The zero-order chi connectivity index (χ0) is 16.8. The van der Waals surface area contributed by atoms with E-state index in [0.29, 0.717) is 5.96 Å². The smallest absolute Gasteiger partial charge is 0.192 e. The van der Waals surface area contributed by atoms with Crippen molar-refractivity contribution < 1.29 is 0 Å². The number of benzene rings is 2. The van der Waals surface area contributed by atoms with Gasteiger partial charge in [-0.3, -0.25) is 0 Å². The number of hydrogen-bond donors (Lipinski definition) is 1. The normalized spacial score (nSPS) is 11.8. The van der Waals surface area contributed by atoms with E-state index in [-0.39, 0.29) is 6.04 Å². The number of nitrogens with zero attached hydrogens (tertiary/aromatic N) is 2. The third-order valence-electron chi connectivity index (χ3n) is 4.13. The van der Waals surface area contributed by atoms with Crippen molar-refractivity contribution >= 4 is 5.96 Å². The maximum atomic E-state index is 6.25. The molecule has 0 aromatic heterocycles. The van der Waals surface area contributed by atoms with Gasteiger partial charge in [-0.1, -0.05) is 59.7 Å². The lowest BCUT2D eigenvalue weighted by molar-refractivity contribution is 0.456. The van der Waals surface area contributed by atoms with Crippen LogP contribution in [0.5, 0.6) is 0 Å². The maximum Gasteiger partial charge on any atom is 0.192 e. The highest BCUT2D eigenvalue weighted by Crippen LogP contribution is 2.27. The van der Waals surface area contributed by atoms with Gasteiger partial charge in [0.05, 0.1) is 0 Å². The van der Waals surface area contributed by atoms with Crippen LogP contribution in [0.25, 0.3) is 0 Å². The Bertz CT molecular complexity index is 592. The van der Waals surface area contributed by atoms with E-state index in [1.165, 1.54) is 11.1 Å². The van der Waals surface area contributed by atoms with Gasteiger partial charge in [0.1, 0.15) is 6.04 Å². The fourth-order valence-electron chi connectivity index (χ4n) is 2.60. The summed E-state index contributed by atoms with van der Waals surface area (Å²) in [6, 6.07) is 17.0. The fraction of sp³-hybridized carbons (Fsp3) is 0.350. The van der Waals surface area contributed by atoms with E-state index in [9.17, 15) is 0 Å². The van der Waals surface area contributed by atoms with Gasteiger partial charge >= 0.3 is 0 Å². The molecule has 0 aliphatic carbocycles. The maximum absolute atomic E-state index is 6.25. The molecular weight excluding hydrogens is 282 g/mol. The summed E-state index contributed by atoms with van der Waals surface area (Å²) in [5.41, 5.74) is 11.1. The topological polar surface area (TPSA) is 41.6 Å². The Morgan fingerprint density at radius 1 is 0.870 bits per heavy atom. The van der Waals surface area contributed by atoms with Crippen molar-refractivity contribution in [1.82, 2.24) is 4.90 Å². The molecule has 0 radical (unpaired) electrons. The molecule has 0 saturated heterocycles. The molecule has 0 bridgehead atoms. The van der Waals surface area contributed by atoms with Crippen LogP contribution in [0.15, 0.2) is 53.5 Å². The van der Waals surface area contributed by atoms with Crippen LogP contribution in [0.4, 0.5) is 0 Å². The number of rotatable bonds is 5. The second-order valence-electron chi connectivity index (χ2n) is 5.88. The van der Waals surface area contributed by atoms with Crippen molar-refractivity contribution in [2.75, 3.05) is 13.1 Å². The van der Waals surface area contributed by atoms with Gasteiger partial charge in [0.15, 0.2) is 5.96 Å². The summed E-state index contributed by atoms with van der Waals surface area (Å²) in [6.45, 7) is 10.1. The highest BCUT2D eigenvalue weighted by Gasteiger charge is 2.15. The zero-order valence-electron chi connectivity index (χ0n) is 14.6. The summed E-state index contributed by atoms with van der Waals surface area (Å²) < 4.78 is 0. The fourth-order valence-corrected chi connectivity index (χ4v) is 2.60. The molecule has 23 heavy (non-hydrogen) atoms. The first-order chi connectivity index (χ1) is 11.0. The van der Waals surface area contributed by atoms with Gasteiger partial charge in [-0.05, 0) is 38.8 Å². The van der Waals surface area contributed by atoms with Crippen LogP contribution in [0, 0.1) is 13.8 Å². The molecule has 0 fully saturated rings. The standard InChI is InChI=1S/C20H27N3/c1-5-23(6-2)20(21)22-19(17-11-7-15(3)8-12-17)18-13-9-16(4)10-14-18/h7-14,19H,5-6H2,1-4H3,(H2,21,22). The molecule has 0 aliphatic rings. The van der Waals surface area contributed by atoms with E-state index in [0.717, 1.165) is 24.2 Å². The molecule has 2 aromatic carbocycles. The van der Waals surface area contributed by atoms with E-state index >= 15 is 0 Å². The van der Waals surface area contributed by atoms with Crippen LogP contribution in [0.3, 0.4) is 0 Å². The van der Waals surface area contributed by atoms with E-state index < -0.39 is 0 Å². The molecule has 3 nitrogen and oxygen atoms in total. The van der Waals surface area contributed by atoms with Gasteiger partial charge in [0.25, 0.3) is 0 Å². The van der Waals surface area contributed by atoms with Crippen molar-refractivity contribution in [2.24, 2.45) is 10.7 Å². The minimum atomic E-state index is -0.0724. The number of guanidine groups is 1. The Labute approximate surface area is 139 Å². The lowest BCUT2D eigenvalue weighted by Gasteiger charge is -2.22. The largest absolute Gasteiger partial charge is 0.370 e. The molecule has 3 heteroatoms. The molecule has 0 saturated carbocycles. The molecule has 0 heterocycles. The van der Waals surface area contributed by atoms with Gasteiger partial charge in [-0.15, -0.1) is 0 Å². The summed E-state index contributed by atoms with van der Waals surface area (Å²) in [5.74, 6) is 0.598. The average molecular weight is 309 g/mol. The minimum absolute atomic E-state index is 0.0724. The first-order valence-corrected chi connectivity index (χ1v) is 8.26. The first-order valence-electron chi connectivity index (χ1n) is 8.26. The summed E-state index contributed by atoms with van der Waals surface area (Å²) in [6.07, 6.45) is 0. The van der Waals surface area contributed by atoms with Gasteiger partial charge in [-0.2, -0.15) is 0 Å². The van der Waals surface area contributed by atoms with E-state index in [4.69, 9.17) is 10.7 Å². The van der Waals surface area contributed by atoms with Crippen molar-refractivity contribution in [2.45, 2.75) is 33.7 Å². The van der Waals surface area contributed by atoms with Crippen molar-refractivity contribution in [3.05, 3.63) is 70.8 Å². The Balaban J connectivity index is 2.44. The quantitative estimate of drug-likeness (QED) is 0.669. The lowest BCUT2D eigenvalue weighted by atomic mass is 9.97. The summed E-state index contributed by atoms with van der Waals surface area (Å²) in [5, 5.41) is 0. The molecule has 0 atom stereocenters. The van der Waals surface area contributed by atoms with Crippen LogP contribution < -0.4 is 5.73 Å². The Hall–Kier alpha value is -2.29. The molecule has 0 spiro atoms. The molecule has 0 aliphatic heterocycles. The predicted octanol–water partition coefficient (Wildman–Crippen LogP) is 4.05. The SMILES string of the molecule is CCN(CC)C(N)=NC(c1ccc(C)cc1)c1ccc(C)cc1. The summed E-state index contributed by atoms with van der Waals surface area (Å²) >= 11 is 0. The van der Waals surface area contributed by atoms with Crippen LogP contribution >= 0.6 is 0 Å². The number of nitrogens with two attached hydrogens (primary N) is 1. The third-order valence-corrected chi connectivity index (χ3v) is 4.13. The van der Waals surface area contributed by atoms with Gasteiger partial charge in [-0.25, -0.2) is 4.99 Å². The highest BCUT2D eigenvalue weighted by molar-refractivity contribution is 5.78. The van der Waals surface area contributed by atoms with Crippen molar-refractivity contribution in [1.29, 1.82) is 0 Å². The first kappa shape index (κ1) is 17.1. The Kier molecular flexibility index (Phi) is 5.80. The highest BCUT2D eigenvalue weighted by atomic mass is 15.2. The van der Waals surface area contributed by atoms with Crippen molar-refractivity contribution in [3.63, 3.8) is 0 Å². The van der Waals surface area contributed by atoms with Crippen molar-refractivity contribution in [3.8, 4) is 0 Å². The minimum Gasteiger partial charge on any atom is -0.370 e. The van der Waals surface area contributed by atoms with Crippen LogP contribution in [-0.2, 0) is 0 Å². The predicted molar refractivity (Wildman–Crippen MR) is 98.7 cm³/mol. The molecule has 2 aromatic rings. The van der Waals surface area contributed by atoms with Gasteiger partial charge in [0.2, 0.25) is 0 Å². The number of aryl methyl sites for hydroxylation is 2. The lowest BCUT2D eigenvalue weighted by Crippen LogP contribution is -2.37. The van der Waals surface area contributed by atoms with Gasteiger partial charge in [0, 0.05) is 13.1 Å². The third kappa shape index (κ3) is 4.35. The second kappa shape index (κ2) is 7.82. The molecular formula is C20H27N3.